The Morgan fingerprint density at radius 3 is 2.16 bits per heavy atom. The predicted molar refractivity (Wildman–Crippen MR) is 114 cm³/mol. The number of methoxy groups -OCH3 is 1. The third-order valence-corrected chi connectivity index (χ3v) is 6.75. The normalized spacial score (nSPS) is 18.6. The third-order valence-electron chi connectivity index (χ3n) is 5.77. The van der Waals surface area contributed by atoms with Crippen molar-refractivity contribution in [2.75, 3.05) is 7.11 Å². The highest BCUT2D eigenvalue weighted by Gasteiger charge is 2.48. The van der Waals surface area contributed by atoms with Crippen LogP contribution < -0.4 is 8.92 Å². The van der Waals surface area contributed by atoms with Gasteiger partial charge in [-0.2, -0.15) is 21.6 Å². The molecule has 0 saturated carbocycles. The van der Waals surface area contributed by atoms with E-state index in [9.17, 15) is 21.6 Å². The first kappa shape index (κ1) is 22.2. The highest BCUT2D eigenvalue weighted by Crippen LogP contribution is 2.47. The fraction of sp³-hybridized carbons (Fsp3) is 0.250. The summed E-state index contributed by atoms with van der Waals surface area (Å²) in [5.41, 5.74) is -1.18. The summed E-state index contributed by atoms with van der Waals surface area (Å²) in [5, 5.41) is 0. The number of rotatable bonds is 5. The molecule has 0 amide bonds. The van der Waals surface area contributed by atoms with Crippen molar-refractivity contribution in [3.05, 3.63) is 95.1 Å². The quantitative estimate of drug-likeness (QED) is 0.356. The van der Waals surface area contributed by atoms with Crippen molar-refractivity contribution in [1.29, 1.82) is 0 Å². The monoisotopic (exact) mass is 462 g/mol. The van der Waals surface area contributed by atoms with Crippen molar-refractivity contribution in [3.63, 3.8) is 0 Å². The van der Waals surface area contributed by atoms with Crippen LogP contribution in [-0.2, 0) is 16.5 Å². The molecule has 0 heterocycles. The van der Waals surface area contributed by atoms with E-state index < -0.39 is 15.6 Å². The molecule has 0 spiro atoms. The Kier molecular flexibility index (Phi) is 5.90. The van der Waals surface area contributed by atoms with Crippen molar-refractivity contribution in [1.82, 2.24) is 0 Å². The van der Waals surface area contributed by atoms with E-state index in [4.69, 9.17) is 4.74 Å². The van der Waals surface area contributed by atoms with E-state index in [0.29, 0.717) is 0 Å². The van der Waals surface area contributed by atoms with Gasteiger partial charge in [-0.05, 0) is 65.3 Å². The summed E-state index contributed by atoms with van der Waals surface area (Å²) in [5.74, 6) is 0.484. The minimum absolute atomic E-state index is 0.0553. The summed E-state index contributed by atoms with van der Waals surface area (Å²) in [6.07, 6.45) is 1.75. The highest BCUT2D eigenvalue weighted by molar-refractivity contribution is 7.88. The minimum Gasteiger partial charge on any atom is -0.497 e. The van der Waals surface area contributed by atoms with Gasteiger partial charge in [0, 0.05) is 5.92 Å². The Balaban J connectivity index is 1.73. The van der Waals surface area contributed by atoms with Crippen LogP contribution in [0.4, 0.5) is 13.2 Å². The van der Waals surface area contributed by atoms with Crippen LogP contribution in [0.25, 0.3) is 0 Å². The lowest BCUT2D eigenvalue weighted by molar-refractivity contribution is -0.0500. The maximum absolute atomic E-state index is 12.6. The molecule has 4 nitrogen and oxygen atoms in total. The Labute approximate surface area is 184 Å². The van der Waals surface area contributed by atoms with Gasteiger partial charge >= 0.3 is 15.6 Å². The molecule has 32 heavy (non-hydrogen) atoms. The highest BCUT2D eigenvalue weighted by atomic mass is 32.2. The molecule has 168 valence electrons. The van der Waals surface area contributed by atoms with Gasteiger partial charge in [0.15, 0.2) is 0 Å². The van der Waals surface area contributed by atoms with Crippen molar-refractivity contribution in [2.24, 2.45) is 0 Å². The van der Waals surface area contributed by atoms with Crippen molar-refractivity contribution >= 4 is 10.1 Å². The van der Waals surface area contributed by atoms with Gasteiger partial charge < -0.3 is 8.92 Å². The molecule has 1 aliphatic carbocycles. The Morgan fingerprint density at radius 2 is 1.53 bits per heavy atom. The van der Waals surface area contributed by atoms with Crippen molar-refractivity contribution < 1.29 is 30.5 Å². The van der Waals surface area contributed by atoms with Crippen molar-refractivity contribution in [2.45, 2.75) is 30.2 Å². The standard InChI is InChI=1S/C24H21F3O4S/c1-30-20-12-14-22-18(15-20)9-13-21(16-5-3-2-4-6-16)23(22)17-7-10-19(11-8-17)31-32(28,29)24(25,26)27/h2-8,10-12,14-15,21,23H,9,13H2,1H3. The molecule has 2 unspecified atom stereocenters. The van der Waals surface area contributed by atoms with E-state index in [-0.39, 0.29) is 17.6 Å². The van der Waals surface area contributed by atoms with Gasteiger partial charge in [-0.1, -0.05) is 48.5 Å². The smallest absolute Gasteiger partial charge is 0.497 e. The first-order valence-corrected chi connectivity index (χ1v) is 11.4. The molecule has 4 rings (SSSR count). The Morgan fingerprint density at radius 1 is 0.875 bits per heavy atom. The van der Waals surface area contributed by atoms with E-state index in [1.807, 2.05) is 36.4 Å². The number of halogens is 3. The van der Waals surface area contributed by atoms with Crippen LogP contribution in [0, 0.1) is 0 Å². The fourth-order valence-corrected chi connectivity index (χ4v) is 4.76. The second kappa shape index (κ2) is 8.50. The lowest BCUT2D eigenvalue weighted by atomic mass is 9.69. The zero-order valence-corrected chi connectivity index (χ0v) is 18.0. The van der Waals surface area contributed by atoms with Crippen LogP contribution in [0.2, 0.25) is 0 Å². The van der Waals surface area contributed by atoms with Crippen LogP contribution in [0.3, 0.4) is 0 Å². The molecule has 0 aromatic heterocycles. The second-order valence-corrected chi connectivity index (χ2v) is 9.19. The molecule has 0 aliphatic heterocycles. The zero-order chi connectivity index (χ0) is 22.9. The van der Waals surface area contributed by atoms with E-state index in [1.54, 1.807) is 19.2 Å². The largest absolute Gasteiger partial charge is 0.534 e. The summed E-state index contributed by atoms with van der Waals surface area (Å²) in [6.45, 7) is 0. The first-order chi connectivity index (χ1) is 15.2. The van der Waals surface area contributed by atoms with Gasteiger partial charge in [0.25, 0.3) is 0 Å². The van der Waals surface area contributed by atoms with Gasteiger partial charge in [0.2, 0.25) is 0 Å². The van der Waals surface area contributed by atoms with Gasteiger partial charge in [-0.25, -0.2) is 0 Å². The molecule has 0 fully saturated rings. The summed E-state index contributed by atoms with van der Waals surface area (Å²) in [6, 6.07) is 21.8. The van der Waals surface area contributed by atoms with Crippen LogP contribution in [0.1, 0.15) is 40.5 Å². The van der Waals surface area contributed by atoms with Crippen LogP contribution in [-0.4, -0.2) is 21.0 Å². The van der Waals surface area contributed by atoms with Gasteiger partial charge in [-0.15, -0.1) is 0 Å². The van der Waals surface area contributed by atoms with Gasteiger partial charge in [0.05, 0.1) is 7.11 Å². The van der Waals surface area contributed by atoms with Crippen LogP contribution >= 0.6 is 0 Å². The maximum Gasteiger partial charge on any atom is 0.534 e. The minimum atomic E-state index is -5.71. The molecule has 8 heteroatoms. The molecule has 0 radical (unpaired) electrons. The third kappa shape index (κ3) is 4.32. The average Bonchev–Trinajstić information content (AvgIpc) is 2.78. The molecular weight excluding hydrogens is 441 g/mol. The molecule has 3 aromatic carbocycles. The van der Waals surface area contributed by atoms with Crippen LogP contribution in [0.15, 0.2) is 72.8 Å². The number of fused-ring (bicyclic) bond motifs is 1. The summed E-state index contributed by atoms with van der Waals surface area (Å²) < 4.78 is 70.1. The molecule has 1 aliphatic rings. The second-order valence-electron chi connectivity index (χ2n) is 7.65. The molecular formula is C24H21F3O4S. The van der Waals surface area contributed by atoms with Crippen molar-refractivity contribution in [3.8, 4) is 11.5 Å². The molecule has 0 saturated heterocycles. The molecule has 0 N–H and O–H groups in total. The Hall–Kier alpha value is -3.00. The molecule has 2 atom stereocenters. The molecule has 3 aromatic rings. The number of aryl methyl sites for hydroxylation is 1. The fourth-order valence-electron chi connectivity index (χ4n) is 4.30. The van der Waals surface area contributed by atoms with Gasteiger partial charge in [-0.3, -0.25) is 0 Å². The maximum atomic E-state index is 12.6. The number of ether oxygens (including phenoxy) is 1. The van der Waals surface area contributed by atoms with E-state index in [0.717, 1.165) is 35.3 Å². The summed E-state index contributed by atoms with van der Waals surface area (Å²) in [4.78, 5) is 0. The van der Waals surface area contributed by atoms with E-state index in [1.165, 1.54) is 17.7 Å². The van der Waals surface area contributed by atoms with Gasteiger partial charge in [0.1, 0.15) is 11.5 Å². The number of hydrogen-bond donors (Lipinski definition) is 0. The first-order valence-electron chi connectivity index (χ1n) is 10.0. The zero-order valence-electron chi connectivity index (χ0n) is 17.2. The molecule has 0 bridgehead atoms. The summed E-state index contributed by atoms with van der Waals surface area (Å²) in [7, 11) is -4.10. The number of alkyl halides is 3. The topological polar surface area (TPSA) is 52.6 Å². The number of benzene rings is 3. The van der Waals surface area contributed by atoms with Crippen LogP contribution in [0.5, 0.6) is 11.5 Å². The average molecular weight is 462 g/mol. The summed E-state index contributed by atoms with van der Waals surface area (Å²) >= 11 is 0. The lowest BCUT2D eigenvalue weighted by Gasteiger charge is -2.35. The SMILES string of the molecule is COc1ccc2c(c1)CCC(c1ccccc1)C2c1ccc(OS(=O)(=O)C(F)(F)F)cc1. The number of hydrogen-bond acceptors (Lipinski definition) is 4. The predicted octanol–water partition coefficient (Wildman–Crippen LogP) is 5.79. The lowest BCUT2D eigenvalue weighted by Crippen LogP contribution is -2.28. The van der Waals surface area contributed by atoms with E-state index >= 15 is 0 Å². The Bertz CT molecular complexity index is 1190. The van der Waals surface area contributed by atoms with E-state index in [2.05, 4.69) is 16.3 Å².